The van der Waals surface area contributed by atoms with Crippen molar-refractivity contribution < 1.29 is 4.74 Å². The minimum atomic E-state index is 0.343. The molecule has 0 aliphatic heterocycles. The van der Waals surface area contributed by atoms with E-state index < -0.39 is 0 Å². The predicted molar refractivity (Wildman–Crippen MR) is 46.5 cm³/mol. The van der Waals surface area contributed by atoms with E-state index in [2.05, 4.69) is 36.7 Å². The Bertz CT molecular complexity index is 120. The smallest absolute Gasteiger partial charge is 0.0647 e. The van der Waals surface area contributed by atoms with Crippen LogP contribution in [0.25, 0.3) is 0 Å². The summed E-state index contributed by atoms with van der Waals surface area (Å²) < 4.78 is 5.53. The Morgan fingerprint density at radius 2 is 2.20 bits per heavy atom. The number of hydrogen-bond donors (Lipinski definition) is 0. The topological polar surface area (TPSA) is 9.23 Å². The third-order valence-corrected chi connectivity index (χ3v) is 3.98. The van der Waals surface area contributed by atoms with Crippen LogP contribution in [0.1, 0.15) is 27.2 Å². The van der Waals surface area contributed by atoms with Crippen LogP contribution in [0.15, 0.2) is 0 Å². The first-order chi connectivity index (χ1) is 4.59. The number of hydrogen-bond acceptors (Lipinski definition) is 1. The van der Waals surface area contributed by atoms with Crippen molar-refractivity contribution in [3.63, 3.8) is 0 Å². The summed E-state index contributed by atoms with van der Waals surface area (Å²) in [5, 5.41) is 0. The summed E-state index contributed by atoms with van der Waals surface area (Å²) in [6.07, 6.45) is 1.64. The first-order valence-corrected chi connectivity index (χ1v) is 4.76. The van der Waals surface area contributed by atoms with Crippen molar-refractivity contribution in [3.05, 3.63) is 0 Å². The molecule has 0 spiro atoms. The van der Waals surface area contributed by atoms with Gasteiger partial charge < -0.3 is 4.74 Å². The van der Waals surface area contributed by atoms with Crippen molar-refractivity contribution in [1.29, 1.82) is 0 Å². The van der Waals surface area contributed by atoms with Crippen molar-refractivity contribution in [2.75, 3.05) is 6.61 Å². The van der Waals surface area contributed by atoms with E-state index in [1.807, 2.05) is 0 Å². The van der Waals surface area contributed by atoms with E-state index in [4.69, 9.17) is 4.74 Å². The molecule has 60 valence electrons. The SMILES string of the molecule is CCOC1CC(Br)C1(C)C. The largest absolute Gasteiger partial charge is 0.378 e. The molecule has 1 rings (SSSR count). The van der Waals surface area contributed by atoms with E-state index in [0.717, 1.165) is 6.61 Å². The van der Waals surface area contributed by atoms with Crippen LogP contribution >= 0.6 is 15.9 Å². The quantitative estimate of drug-likeness (QED) is 0.632. The molecule has 1 aliphatic carbocycles. The molecule has 0 amide bonds. The fourth-order valence-corrected chi connectivity index (χ4v) is 1.96. The molecule has 2 unspecified atom stereocenters. The molecule has 2 atom stereocenters. The molecule has 0 aromatic carbocycles. The Morgan fingerprint density at radius 3 is 2.50 bits per heavy atom. The lowest BCUT2D eigenvalue weighted by atomic mass is 9.69. The molecule has 0 aromatic heterocycles. The summed E-state index contributed by atoms with van der Waals surface area (Å²) in [5.74, 6) is 0. The van der Waals surface area contributed by atoms with E-state index in [9.17, 15) is 0 Å². The standard InChI is InChI=1S/C8H15BrO/c1-4-10-7-5-6(9)8(7,2)3/h6-7H,4-5H2,1-3H3. The van der Waals surface area contributed by atoms with Gasteiger partial charge in [-0.1, -0.05) is 29.8 Å². The lowest BCUT2D eigenvalue weighted by Gasteiger charge is -2.48. The molecule has 1 nitrogen and oxygen atoms in total. The van der Waals surface area contributed by atoms with Gasteiger partial charge in [0.1, 0.15) is 0 Å². The maximum absolute atomic E-state index is 5.53. The first kappa shape index (κ1) is 8.54. The summed E-state index contributed by atoms with van der Waals surface area (Å²) in [4.78, 5) is 0.650. The van der Waals surface area contributed by atoms with E-state index in [0.29, 0.717) is 16.3 Å². The third kappa shape index (κ3) is 1.24. The highest BCUT2D eigenvalue weighted by atomic mass is 79.9. The molecule has 1 fully saturated rings. The maximum Gasteiger partial charge on any atom is 0.0647 e. The second kappa shape index (κ2) is 2.82. The van der Waals surface area contributed by atoms with Gasteiger partial charge in [0.15, 0.2) is 0 Å². The lowest BCUT2D eigenvalue weighted by molar-refractivity contribution is -0.0802. The zero-order valence-electron chi connectivity index (χ0n) is 6.86. The predicted octanol–water partition coefficient (Wildman–Crippen LogP) is 2.58. The highest BCUT2D eigenvalue weighted by Crippen LogP contribution is 2.47. The summed E-state index contributed by atoms with van der Waals surface area (Å²) in [6, 6.07) is 0. The molecule has 10 heavy (non-hydrogen) atoms. The average molecular weight is 207 g/mol. The molecular weight excluding hydrogens is 192 g/mol. The average Bonchev–Trinajstić information content (AvgIpc) is 1.88. The van der Waals surface area contributed by atoms with Crippen LogP contribution in [-0.4, -0.2) is 17.5 Å². The minimum Gasteiger partial charge on any atom is -0.378 e. The van der Waals surface area contributed by atoms with Gasteiger partial charge in [0.25, 0.3) is 0 Å². The van der Waals surface area contributed by atoms with E-state index in [1.54, 1.807) is 0 Å². The van der Waals surface area contributed by atoms with Crippen molar-refractivity contribution in [2.45, 2.75) is 38.1 Å². The molecule has 2 heteroatoms. The van der Waals surface area contributed by atoms with Gasteiger partial charge in [-0.2, -0.15) is 0 Å². The molecule has 0 bridgehead atoms. The van der Waals surface area contributed by atoms with Gasteiger partial charge in [0, 0.05) is 16.8 Å². The van der Waals surface area contributed by atoms with Crippen molar-refractivity contribution >= 4 is 15.9 Å². The number of rotatable bonds is 2. The van der Waals surface area contributed by atoms with Gasteiger partial charge in [0.05, 0.1) is 6.10 Å². The zero-order chi connectivity index (χ0) is 7.78. The van der Waals surface area contributed by atoms with Gasteiger partial charge >= 0.3 is 0 Å². The van der Waals surface area contributed by atoms with Gasteiger partial charge in [-0.15, -0.1) is 0 Å². The molecule has 0 aromatic rings. The highest BCUT2D eigenvalue weighted by molar-refractivity contribution is 9.09. The fraction of sp³-hybridized carbons (Fsp3) is 1.00. The van der Waals surface area contributed by atoms with E-state index >= 15 is 0 Å². The van der Waals surface area contributed by atoms with Crippen LogP contribution in [-0.2, 0) is 4.74 Å². The summed E-state index contributed by atoms with van der Waals surface area (Å²) >= 11 is 3.61. The first-order valence-electron chi connectivity index (χ1n) is 3.84. The van der Waals surface area contributed by atoms with Gasteiger partial charge in [-0.3, -0.25) is 0 Å². The van der Waals surface area contributed by atoms with Crippen molar-refractivity contribution in [3.8, 4) is 0 Å². The Labute approximate surface area is 71.3 Å². The van der Waals surface area contributed by atoms with Crippen LogP contribution in [0.3, 0.4) is 0 Å². The van der Waals surface area contributed by atoms with E-state index in [1.165, 1.54) is 6.42 Å². The normalized spacial score (nSPS) is 37.2. The summed E-state index contributed by atoms with van der Waals surface area (Å²) in [5.41, 5.74) is 0.343. The molecule has 1 saturated carbocycles. The molecule has 0 radical (unpaired) electrons. The maximum atomic E-state index is 5.53. The lowest BCUT2D eigenvalue weighted by Crippen LogP contribution is -2.51. The van der Waals surface area contributed by atoms with Crippen molar-refractivity contribution in [2.24, 2.45) is 5.41 Å². The fourth-order valence-electron chi connectivity index (χ4n) is 1.32. The second-order valence-corrected chi connectivity index (χ2v) is 4.57. The Balaban J connectivity index is 2.39. The monoisotopic (exact) mass is 206 g/mol. The van der Waals surface area contributed by atoms with Crippen LogP contribution in [0, 0.1) is 5.41 Å². The Morgan fingerprint density at radius 1 is 1.60 bits per heavy atom. The van der Waals surface area contributed by atoms with Crippen LogP contribution < -0.4 is 0 Å². The van der Waals surface area contributed by atoms with Gasteiger partial charge in [-0.05, 0) is 13.3 Å². The molecule has 0 heterocycles. The second-order valence-electron chi connectivity index (χ2n) is 3.47. The summed E-state index contributed by atoms with van der Waals surface area (Å²) in [6.45, 7) is 7.39. The number of halogens is 1. The summed E-state index contributed by atoms with van der Waals surface area (Å²) in [7, 11) is 0. The van der Waals surface area contributed by atoms with Gasteiger partial charge in [-0.25, -0.2) is 0 Å². The minimum absolute atomic E-state index is 0.343. The molecule has 0 saturated heterocycles. The Kier molecular flexibility index (Phi) is 2.41. The number of ether oxygens (including phenoxy) is 1. The highest BCUT2D eigenvalue weighted by Gasteiger charge is 2.47. The molecule has 1 aliphatic rings. The zero-order valence-corrected chi connectivity index (χ0v) is 8.44. The molecule has 0 N–H and O–H groups in total. The Hall–Kier alpha value is 0.440. The number of alkyl halides is 1. The van der Waals surface area contributed by atoms with Gasteiger partial charge in [0.2, 0.25) is 0 Å². The van der Waals surface area contributed by atoms with Crippen LogP contribution in [0.5, 0.6) is 0 Å². The van der Waals surface area contributed by atoms with Crippen LogP contribution in [0.2, 0.25) is 0 Å². The van der Waals surface area contributed by atoms with E-state index in [-0.39, 0.29) is 0 Å². The van der Waals surface area contributed by atoms with Crippen LogP contribution in [0.4, 0.5) is 0 Å². The third-order valence-electron chi connectivity index (χ3n) is 2.43. The molecular formula is C8H15BrO. The van der Waals surface area contributed by atoms with Crippen molar-refractivity contribution in [1.82, 2.24) is 0 Å².